The molecular formula is C24H30N4O4. The van der Waals surface area contributed by atoms with Crippen molar-refractivity contribution in [3.63, 3.8) is 0 Å². The van der Waals surface area contributed by atoms with Gasteiger partial charge in [0, 0.05) is 12.7 Å². The molecule has 0 bridgehead atoms. The highest BCUT2D eigenvalue weighted by molar-refractivity contribution is 5.98. The van der Waals surface area contributed by atoms with E-state index < -0.39 is 23.9 Å². The molecule has 8 nitrogen and oxygen atoms in total. The predicted octanol–water partition coefficient (Wildman–Crippen LogP) is 2.56. The van der Waals surface area contributed by atoms with Gasteiger partial charge in [-0.3, -0.25) is 9.59 Å². The molecule has 0 spiro atoms. The van der Waals surface area contributed by atoms with Gasteiger partial charge in [0.05, 0.1) is 0 Å². The highest BCUT2D eigenvalue weighted by Gasteiger charge is 2.24. The van der Waals surface area contributed by atoms with Gasteiger partial charge in [-0.15, -0.1) is 0 Å². The molecule has 2 aromatic rings. The first-order valence-corrected chi connectivity index (χ1v) is 10.4. The van der Waals surface area contributed by atoms with Crippen molar-refractivity contribution in [2.24, 2.45) is 11.7 Å². The van der Waals surface area contributed by atoms with Gasteiger partial charge in [0.2, 0.25) is 5.91 Å². The molecule has 8 heteroatoms. The first-order chi connectivity index (χ1) is 15.3. The Morgan fingerprint density at radius 3 is 2.12 bits per heavy atom. The van der Waals surface area contributed by atoms with E-state index in [0.717, 1.165) is 11.1 Å². The maximum atomic E-state index is 12.8. The van der Waals surface area contributed by atoms with E-state index in [1.165, 1.54) is 6.20 Å². The third-order valence-electron chi connectivity index (χ3n) is 4.45. The van der Waals surface area contributed by atoms with Crippen molar-refractivity contribution in [1.29, 1.82) is 0 Å². The fourth-order valence-electron chi connectivity index (χ4n) is 2.87. The van der Waals surface area contributed by atoms with Crippen molar-refractivity contribution in [3.8, 4) is 0 Å². The van der Waals surface area contributed by atoms with Crippen LogP contribution in [-0.2, 0) is 27.5 Å². The molecule has 0 unspecified atom stereocenters. The molecule has 0 radical (unpaired) electrons. The largest absolute Gasteiger partial charge is 0.445 e. The quantitative estimate of drug-likeness (QED) is 0.402. The predicted molar refractivity (Wildman–Crippen MR) is 122 cm³/mol. The van der Waals surface area contributed by atoms with Gasteiger partial charge in [-0.1, -0.05) is 74.5 Å². The van der Waals surface area contributed by atoms with Gasteiger partial charge in [0.1, 0.15) is 18.3 Å². The summed E-state index contributed by atoms with van der Waals surface area (Å²) >= 11 is 0. The third kappa shape index (κ3) is 8.91. The molecule has 2 rings (SSSR count). The molecule has 0 aliphatic carbocycles. The molecule has 2 aromatic carbocycles. The summed E-state index contributed by atoms with van der Waals surface area (Å²) < 4.78 is 5.21. The average Bonchev–Trinajstić information content (AvgIpc) is 2.77. The van der Waals surface area contributed by atoms with Crippen molar-refractivity contribution in [1.82, 2.24) is 16.0 Å². The van der Waals surface area contributed by atoms with Crippen LogP contribution in [0.4, 0.5) is 4.79 Å². The molecule has 1 atom stereocenters. The second-order valence-corrected chi connectivity index (χ2v) is 7.67. The second kappa shape index (κ2) is 12.8. The van der Waals surface area contributed by atoms with Gasteiger partial charge in [0.15, 0.2) is 0 Å². The standard InChI is InChI=1S/C24H30N4O4/c1-17(2)13-20(28-24(31)32-16-19-11-7-4-8-12-19)23(30)27-21(22(25)29)15-26-14-18-9-5-3-6-10-18/h3-12,15,17,20,26H,13-14,16H2,1-2H3,(H2,25,29)(H,27,30)(H,28,31)/t20-/m0/s1. The van der Waals surface area contributed by atoms with Crippen LogP contribution in [0.2, 0.25) is 0 Å². The molecule has 0 saturated heterocycles. The van der Waals surface area contributed by atoms with Gasteiger partial charge in [-0.05, 0) is 23.5 Å². The number of hydrogen-bond donors (Lipinski definition) is 4. The van der Waals surface area contributed by atoms with Crippen molar-refractivity contribution >= 4 is 17.9 Å². The number of ether oxygens (including phenoxy) is 1. The van der Waals surface area contributed by atoms with Crippen LogP contribution in [0.25, 0.3) is 0 Å². The van der Waals surface area contributed by atoms with Gasteiger partial charge < -0.3 is 26.4 Å². The number of alkyl carbamates (subject to hydrolysis) is 1. The highest BCUT2D eigenvalue weighted by atomic mass is 16.5. The van der Waals surface area contributed by atoms with E-state index in [-0.39, 0.29) is 18.2 Å². The Kier molecular flexibility index (Phi) is 9.77. The lowest BCUT2D eigenvalue weighted by Crippen LogP contribution is -2.48. The van der Waals surface area contributed by atoms with Crippen molar-refractivity contribution < 1.29 is 19.1 Å². The number of primary amides is 1. The number of amides is 3. The maximum absolute atomic E-state index is 12.8. The Morgan fingerprint density at radius 2 is 1.56 bits per heavy atom. The maximum Gasteiger partial charge on any atom is 0.408 e. The number of nitrogens with one attached hydrogen (secondary N) is 3. The smallest absolute Gasteiger partial charge is 0.408 e. The highest BCUT2D eigenvalue weighted by Crippen LogP contribution is 2.07. The Bertz CT molecular complexity index is 914. The summed E-state index contributed by atoms with van der Waals surface area (Å²) in [5, 5.41) is 8.03. The molecule has 0 aromatic heterocycles. The summed E-state index contributed by atoms with van der Waals surface area (Å²) in [4.78, 5) is 36.8. The molecule has 5 N–H and O–H groups in total. The minimum Gasteiger partial charge on any atom is -0.445 e. The van der Waals surface area contributed by atoms with E-state index in [9.17, 15) is 14.4 Å². The summed E-state index contributed by atoms with van der Waals surface area (Å²) in [5.74, 6) is -1.24. The lowest BCUT2D eigenvalue weighted by Gasteiger charge is -2.20. The number of rotatable bonds is 11. The minimum atomic E-state index is -0.893. The molecule has 3 amide bonds. The first kappa shape index (κ1) is 24.5. The van der Waals surface area contributed by atoms with Crippen LogP contribution in [0, 0.1) is 5.92 Å². The van der Waals surface area contributed by atoms with Crippen molar-refractivity contribution in [3.05, 3.63) is 83.7 Å². The average molecular weight is 439 g/mol. The minimum absolute atomic E-state index is 0.0819. The Labute approximate surface area is 188 Å². The van der Waals surface area contributed by atoms with E-state index in [2.05, 4.69) is 16.0 Å². The lowest BCUT2D eigenvalue weighted by molar-refractivity contribution is -0.124. The van der Waals surface area contributed by atoms with Gasteiger partial charge in [-0.2, -0.15) is 0 Å². The summed E-state index contributed by atoms with van der Waals surface area (Å²) in [6, 6.07) is 17.9. The molecular weight excluding hydrogens is 408 g/mol. The number of nitrogens with two attached hydrogens (primary N) is 1. The summed E-state index contributed by atoms with van der Waals surface area (Å²) in [5.41, 5.74) is 7.14. The van der Waals surface area contributed by atoms with Crippen LogP contribution in [0.15, 0.2) is 72.6 Å². The summed E-state index contributed by atoms with van der Waals surface area (Å²) in [7, 11) is 0. The monoisotopic (exact) mass is 438 g/mol. The molecule has 0 fully saturated rings. The fourth-order valence-corrected chi connectivity index (χ4v) is 2.87. The van der Waals surface area contributed by atoms with Crippen molar-refractivity contribution in [2.75, 3.05) is 0 Å². The third-order valence-corrected chi connectivity index (χ3v) is 4.45. The molecule has 0 aliphatic heterocycles. The lowest BCUT2D eigenvalue weighted by atomic mass is 10.0. The molecule has 0 heterocycles. The van der Waals surface area contributed by atoms with Gasteiger partial charge >= 0.3 is 6.09 Å². The molecule has 0 saturated carbocycles. The number of benzene rings is 2. The number of carbonyl (C=O) groups excluding carboxylic acids is 3. The number of hydrogen-bond acceptors (Lipinski definition) is 5. The van der Waals surface area contributed by atoms with Crippen LogP contribution < -0.4 is 21.7 Å². The van der Waals surface area contributed by atoms with Gasteiger partial charge in [-0.25, -0.2) is 4.79 Å². The van der Waals surface area contributed by atoms with Crippen LogP contribution in [0.5, 0.6) is 0 Å². The summed E-state index contributed by atoms with van der Waals surface area (Å²) in [6.07, 6.45) is 0.991. The molecule has 32 heavy (non-hydrogen) atoms. The number of carbonyl (C=O) groups is 3. The Hall–Kier alpha value is -3.81. The summed E-state index contributed by atoms with van der Waals surface area (Å²) in [6.45, 7) is 4.37. The zero-order chi connectivity index (χ0) is 23.3. The Balaban J connectivity index is 1.96. The topological polar surface area (TPSA) is 123 Å². The zero-order valence-corrected chi connectivity index (χ0v) is 18.3. The van der Waals surface area contributed by atoms with E-state index in [1.54, 1.807) is 0 Å². The SMILES string of the molecule is CC(C)C[C@H](NC(=O)OCc1ccccc1)C(=O)NC(=CNCc1ccccc1)C(N)=O. The zero-order valence-electron chi connectivity index (χ0n) is 18.3. The molecule has 0 aliphatic rings. The van der Waals surface area contributed by atoms with Crippen LogP contribution >= 0.6 is 0 Å². The molecule has 170 valence electrons. The van der Waals surface area contributed by atoms with Crippen LogP contribution in [-0.4, -0.2) is 23.9 Å². The Morgan fingerprint density at radius 1 is 0.969 bits per heavy atom. The second-order valence-electron chi connectivity index (χ2n) is 7.67. The van der Waals surface area contributed by atoms with Crippen LogP contribution in [0.3, 0.4) is 0 Å². The van der Waals surface area contributed by atoms with E-state index >= 15 is 0 Å². The van der Waals surface area contributed by atoms with Crippen molar-refractivity contribution in [2.45, 2.75) is 39.5 Å². The van der Waals surface area contributed by atoms with E-state index in [4.69, 9.17) is 10.5 Å². The van der Waals surface area contributed by atoms with E-state index in [1.807, 2.05) is 74.5 Å². The normalized spacial score (nSPS) is 12.0. The van der Waals surface area contributed by atoms with Crippen LogP contribution in [0.1, 0.15) is 31.4 Å². The van der Waals surface area contributed by atoms with E-state index in [0.29, 0.717) is 13.0 Å². The first-order valence-electron chi connectivity index (χ1n) is 10.4. The van der Waals surface area contributed by atoms with Gasteiger partial charge in [0.25, 0.3) is 5.91 Å². The fraction of sp³-hybridized carbons (Fsp3) is 0.292.